The molecule has 1 heterocycles. The zero-order valence-corrected chi connectivity index (χ0v) is 11.6. The number of nitrogens with one attached hydrogen (secondary N) is 1. The number of aryl methyl sites for hydroxylation is 1. The number of primary amides is 1. The van der Waals surface area contributed by atoms with Gasteiger partial charge in [0.1, 0.15) is 5.82 Å². The fraction of sp³-hybridized carbons (Fsp3) is 0.200. The van der Waals surface area contributed by atoms with Crippen LogP contribution >= 0.6 is 0 Å². The predicted molar refractivity (Wildman–Crippen MR) is 80.4 cm³/mol. The number of carbonyl (C=O) groups excluding carboxylic acids is 1. The Morgan fingerprint density at radius 2 is 2.05 bits per heavy atom. The number of carbonyl (C=O) groups is 1. The quantitative estimate of drug-likeness (QED) is 0.794. The van der Waals surface area contributed by atoms with Crippen LogP contribution in [0.4, 0.5) is 11.5 Å². The van der Waals surface area contributed by atoms with Gasteiger partial charge in [-0.25, -0.2) is 4.98 Å². The molecule has 0 radical (unpaired) electrons. The summed E-state index contributed by atoms with van der Waals surface area (Å²) in [6.07, 6.45) is 1.44. The van der Waals surface area contributed by atoms with Crippen LogP contribution in [0.15, 0.2) is 36.5 Å². The lowest BCUT2D eigenvalue weighted by molar-refractivity contribution is 0.100. The van der Waals surface area contributed by atoms with E-state index in [4.69, 9.17) is 11.5 Å². The summed E-state index contributed by atoms with van der Waals surface area (Å²) in [7, 11) is 0. The Morgan fingerprint density at radius 1 is 1.35 bits per heavy atom. The summed E-state index contributed by atoms with van der Waals surface area (Å²) in [5.74, 6) is 0.0141. The van der Waals surface area contributed by atoms with Gasteiger partial charge in [0.2, 0.25) is 0 Å². The van der Waals surface area contributed by atoms with Gasteiger partial charge in [-0.05, 0) is 31.0 Å². The number of benzene rings is 1. The van der Waals surface area contributed by atoms with Crippen LogP contribution in [0.25, 0.3) is 0 Å². The Bertz CT molecular complexity index is 640. The summed E-state index contributed by atoms with van der Waals surface area (Å²) in [6.45, 7) is 4.09. The molecular formula is C15H18N4O. The third-order valence-electron chi connectivity index (χ3n) is 3.22. The minimum Gasteiger partial charge on any atom is -0.397 e. The fourth-order valence-electron chi connectivity index (χ4n) is 2.13. The molecule has 1 aromatic carbocycles. The number of aromatic nitrogens is 1. The van der Waals surface area contributed by atoms with Crippen molar-refractivity contribution >= 4 is 17.4 Å². The van der Waals surface area contributed by atoms with E-state index in [1.54, 1.807) is 6.07 Å². The molecule has 0 saturated heterocycles. The number of nitrogens with zero attached hydrogens (tertiary/aromatic N) is 1. The van der Waals surface area contributed by atoms with E-state index < -0.39 is 5.91 Å². The van der Waals surface area contributed by atoms with Crippen LogP contribution in [0.1, 0.15) is 34.5 Å². The van der Waals surface area contributed by atoms with Crippen molar-refractivity contribution in [3.8, 4) is 0 Å². The molecule has 1 aromatic heterocycles. The minimum absolute atomic E-state index is 0.0630. The summed E-state index contributed by atoms with van der Waals surface area (Å²) in [4.78, 5) is 15.4. The first-order chi connectivity index (χ1) is 9.49. The van der Waals surface area contributed by atoms with Gasteiger partial charge in [0.15, 0.2) is 0 Å². The van der Waals surface area contributed by atoms with Crippen molar-refractivity contribution in [2.75, 3.05) is 11.1 Å². The summed E-state index contributed by atoms with van der Waals surface area (Å²) in [6, 6.07) is 9.74. The molecule has 2 aromatic rings. The summed E-state index contributed by atoms with van der Waals surface area (Å²) in [5, 5.41) is 3.25. The number of anilines is 2. The third-order valence-corrected chi connectivity index (χ3v) is 3.22. The summed E-state index contributed by atoms with van der Waals surface area (Å²) < 4.78 is 0. The second kappa shape index (κ2) is 5.61. The van der Waals surface area contributed by atoms with Gasteiger partial charge >= 0.3 is 0 Å². The molecule has 5 nitrogen and oxygen atoms in total. The van der Waals surface area contributed by atoms with Crippen LogP contribution in [-0.4, -0.2) is 10.9 Å². The van der Waals surface area contributed by atoms with Crippen LogP contribution in [0, 0.1) is 6.92 Å². The Balaban J connectivity index is 2.24. The number of nitrogens with two attached hydrogens (primary N) is 2. The molecule has 1 amide bonds. The smallest absolute Gasteiger partial charge is 0.250 e. The number of hydrogen-bond donors (Lipinski definition) is 3. The molecule has 104 valence electrons. The van der Waals surface area contributed by atoms with Crippen LogP contribution in [0.3, 0.4) is 0 Å². The first-order valence-corrected chi connectivity index (χ1v) is 6.36. The van der Waals surface area contributed by atoms with Crippen molar-refractivity contribution in [1.82, 2.24) is 4.98 Å². The molecule has 5 heteroatoms. The standard InChI is InChI=1S/C15H18N4O/c1-9-5-3-4-6-11(9)10(2)19-14-7-12(15(17)20)13(16)8-18-14/h3-8,10H,16H2,1-2H3,(H2,17,20)(H,18,19). The molecule has 20 heavy (non-hydrogen) atoms. The van der Waals surface area contributed by atoms with Crippen molar-refractivity contribution < 1.29 is 4.79 Å². The molecule has 1 atom stereocenters. The number of rotatable bonds is 4. The Hall–Kier alpha value is -2.56. The maximum atomic E-state index is 11.3. The highest BCUT2D eigenvalue weighted by molar-refractivity contribution is 5.98. The van der Waals surface area contributed by atoms with E-state index in [1.807, 2.05) is 19.1 Å². The molecule has 0 fully saturated rings. The molecule has 2 rings (SSSR count). The Kier molecular flexibility index (Phi) is 3.89. The number of hydrogen-bond acceptors (Lipinski definition) is 4. The lowest BCUT2D eigenvalue weighted by Gasteiger charge is -2.17. The monoisotopic (exact) mass is 270 g/mol. The molecule has 0 saturated carbocycles. The summed E-state index contributed by atoms with van der Waals surface area (Å²) in [5.41, 5.74) is 13.9. The van der Waals surface area contributed by atoms with E-state index in [9.17, 15) is 4.79 Å². The Morgan fingerprint density at radius 3 is 2.70 bits per heavy atom. The van der Waals surface area contributed by atoms with Crippen molar-refractivity contribution in [1.29, 1.82) is 0 Å². The Labute approximate surface area is 118 Å². The second-order valence-corrected chi connectivity index (χ2v) is 4.74. The zero-order chi connectivity index (χ0) is 14.7. The van der Waals surface area contributed by atoms with Crippen molar-refractivity contribution in [2.45, 2.75) is 19.9 Å². The van der Waals surface area contributed by atoms with E-state index in [-0.39, 0.29) is 17.3 Å². The number of nitrogen functional groups attached to an aromatic ring is 1. The van der Waals surface area contributed by atoms with Crippen molar-refractivity contribution in [3.05, 3.63) is 53.2 Å². The lowest BCUT2D eigenvalue weighted by Crippen LogP contribution is -2.15. The largest absolute Gasteiger partial charge is 0.397 e. The van der Waals surface area contributed by atoms with E-state index in [0.717, 1.165) is 0 Å². The van der Waals surface area contributed by atoms with Crippen LogP contribution in [-0.2, 0) is 0 Å². The SMILES string of the molecule is Cc1ccccc1C(C)Nc1cc(C(N)=O)c(N)cn1. The highest BCUT2D eigenvalue weighted by atomic mass is 16.1. The van der Waals surface area contributed by atoms with E-state index in [0.29, 0.717) is 5.82 Å². The fourth-order valence-corrected chi connectivity index (χ4v) is 2.13. The molecular weight excluding hydrogens is 252 g/mol. The molecule has 0 bridgehead atoms. The normalized spacial score (nSPS) is 11.9. The predicted octanol–water partition coefficient (Wildman–Crippen LogP) is 2.24. The average molecular weight is 270 g/mol. The van der Waals surface area contributed by atoms with E-state index >= 15 is 0 Å². The molecule has 0 aliphatic rings. The zero-order valence-electron chi connectivity index (χ0n) is 11.6. The van der Waals surface area contributed by atoms with E-state index in [2.05, 4.69) is 29.4 Å². The maximum absolute atomic E-state index is 11.3. The van der Waals surface area contributed by atoms with Gasteiger partial charge in [0, 0.05) is 0 Å². The molecule has 0 spiro atoms. The first-order valence-electron chi connectivity index (χ1n) is 6.36. The molecule has 0 aliphatic heterocycles. The van der Waals surface area contributed by atoms with Gasteiger partial charge in [0.25, 0.3) is 5.91 Å². The van der Waals surface area contributed by atoms with Crippen LogP contribution in [0.5, 0.6) is 0 Å². The summed E-state index contributed by atoms with van der Waals surface area (Å²) >= 11 is 0. The van der Waals surface area contributed by atoms with Gasteiger partial charge in [-0.3, -0.25) is 4.79 Å². The second-order valence-electron chi connectivity index (χ2n) is 4.74. The highest BCUT2D eigenvalue weighted by Gasteiger charge is 2.11. The first kappa shape index (κ1) is 13.9. The van der Waals surface area contributed by atoms with Gasteiger partial charge in [-0.1, -0.05) is 24.3 Å². The molecule has 0 aliphatic carbocycles. The van der Waals surface area contributed by atoms with Crippen molar-refractivity contribution in [3.63, 3.8) is 0 Å². The van der Waals surface area contributed by atoms with E-state index in [1.165, 1.54) is 17.3 Å². The van der Waals surface area contributed by atoms with Crippen LogP contribution < -0.4 is 16.8 Å². The van der Waals surface area contributed by atoms with Crippen molar-refractivity contribution in [2.24, 2.45) is 5.73 Å². The molecule has 5 N–H and O–H groups in total. The maximum Gasteiger partial charge on any atom is 0.250 e. The van der Waals surface area contributed by atoms with Gasteiger partial charge in [-0.2, -0.15) is 0 Å². The van der Waals surface area contributed by atoms with Gasteiger partial charge in [0.05, 0.1) is 23.5 Å². The molecule has 1 unspecified atom stereocenters. The van der Waals surface area contributed by atoms with Crippen LogP contribution in [0.2, 0.25) is 0 Å². The number of pyridine rings is 1. The van der Waals surface area contributed by atoms with Gasteiger partial charge < -0.3 is 16.8 Å². The third kappa shape index (κ3) is 2.88. The lowest BCUT2D eigenvalue weighted by atomic mass is 10.0. The van der Waals surface area contributed by atoms with Gasteiger partial charge in [-0.15, -0.1) is 0 Å². The minimum atomic E-state index is -0.559. The topological polar surface area (TPSA) is 94.0 Å². The highest BCUT2D eigenvalue weighted by Crippen LogP contribution is 2.22. The average Bonchev–Trinajstić information content (AvgIpc) is 2.41. The number of amides is 1.